The number of carbonyl (C=O) groups excluding carboxylic acids is 1. The van der Waals surface area contributed by atoms with Crippen LogP contribution in [-0.2, 0) is 4.74 Å². The van der Waals surface area contributed by atoms with Gasteiger partial charge in [-0.25, -0.2) is 0 Å². The van der Waals surface area contributed by atoms with Crippen LogP contribution in [0.4, 0.5) is 0 Å². The summed E-state index contributed by atoms with van der Waals surface area (Å²) in [6.45, 7) is 3.30. The summed E-state index contributed by atoms with van der Waals surface area (Å²) in [4.78, 5) is 16.9. The zero-order chi connectivity index (χ0) is 18.5. The van der Waals surface area contributed by atoms with Gasteiger partial charge >= 0.3 is 0 Å². The molecule has 2 heterocycles. The highest BCUT2D eigenvalue weighted by Crippen LogP contribution is 2.24. The lowest BCUT2D eigenvalue weighted by molar-refractivity contribution is 0.0933. The molecule has 26 heavy (non-hydrogen) atoms. The number of ether oxygens (including phenoxy) is 1. The van der Waals surface area contributed by atoms with E-state index in [1.54, 1.807) is 25.4 Å². The van der Waals surface area contributed by atoms with Crippen molar-refractivity contribution in [1.29, 1.82) is 5.26 Å². The van der Waals surface area contributed by atoms with Crippen molar-refractivity contribution in [1.82, 2.24) is 15.6 Å². The molecule has 0 radical (unpaired) electrons. The molecule has 1 saturated heterocycles. The molecule has 2 atom stereocenters. The summed E-state index contributed by atoms with van der Waals surface area (Å²) in [6.07, 6.45) is 2.53. The minimum absolute atomic E-state index is 0.0659. The predicted molar refractivity (Wildman–Crippen MR) is 98.7 cm³/mol. The van der Waals surface area contributed by atoms with E-state index < -0.39 is 0 Å². The van der Waals surface area contributed by atoms with Gasteiger partial charge in [-0.15, -0.1) is 0 Å². The monoisotopic (exact) mass is 350 g/mol. The minimum Gasteiger partial charge on any atom is -0.383 e. The zero-order valence-corrected chi connectivity index (χ0v) is 15.0. The molecule has 6 nitrogen and oxygen atoms in total. The molecule has 0 saturated carbocycles. The molecule has 0 bridgehead atoms. The number of nitrogens with one attached hydrogen (secondary N) is 2. The molecular weight excluding hydrogens is 328 g/mol. The lowest BCUT2D eigenvalue weighted by Crippen LogP contribution is -2.36. The number of aromatic nitrogens is 1. The number of benzene rings is 1. The van der Waals surface area contributed by atoms with Crippen molar-refractivity contribution in [3.05, 3.63) is 53.3 Å². The van der Waals surface area contributed by atoms with E-state index in [2.05, 4.69) is 21.7 Å². The third kappa shape index (κ3) is 4.07. The van der Waals surface area contributed by atoms with Crippen LogP contribution < -0.4 is 10.6 Å². The molecule has 1 amide bonds. The Bertz CT molecular complexity index is 844. The molecule has 6 heteroatoms. The predicted octanol–water partition coefficient (Wildman–Crippen LogP) is 2.04. The minimum atomic E-state index is -0.187. The number of hydrogen-bond acceptors (Lipinski definition) is 5. The Morgan fingerprint density at radius 3 is 3.08 bits per heavy atom. The molecule has 1 aromatic heterocycles. The average molecular weight is 350 g/mol. The van der Waals surface area contributed by atoms with Gasteiger partial charge in [-0.3, -0.25) is 9.78 Å². The summed E-state index contributed by atoms with van der Waals surface area (Å²) in [7, 11) is 1.67. The molecule has 0 unspecified atom stereocenters. The van der Waals surface area contributed by atoms with Gasteiger partial charge in [-0.1, -0.05) is 12.1 Å². The Kier molecular flexibility index (Phi) is 5.61. The van der Waals surface area contributed by atoms with Gasteiger partial charge in [0.05, 0.1) is 18.2 Å². The maximum Gasteiger partial charge on any atom is 0.270 e. The summed E-state index contributed by atoms with van der Waals surface area (Å²) in [6, 6.07) is 11.6. The van der Waals surface area contributed by atoms with Crippen molar-refractivity contribution >= 4 is 5.91 Å². The van der Waals surface area contributed by atoms with Crippen molar-refractivity contribution in [2.75, 3.05) is 20.3 Å². The molecule has 1 aliphatic heterocycles. The fraction of sp³-hybridized carbons (Fsp3) is 0.350. The van der Waals surface area contributed by atoms with Crippen LogP contribution in [0.25, 0.3) is 11.1 Å². The van der Waals surface area contributed by atoms with Gasteiger partial charge in [0.1, 0.15) is 5.69 Å². The van der Waals surface area contributed by atoms with Crippen molar-refractivity contribution in [2.24, 2.45) is 0 Å². The average Bonchev–Trinajstić information content (AvgIpc) is 3.09. The van der Waals surface area contributed by atoms with Gasteiger partial charge in [0.25, 0.3) is 5.91 Å². The summed E-state index contributed by atoms with van der Waals surface area (Å²) < 4.78 is 5.15. The second kappa shape index (κ2) is 8.09. The summed E-state index contributed by atoms with van der Waals surface area (Å²) in [5.41, 5.74) is 3.73. The molecule has 1 fully saturated rings. The first-order valence-electron chi connectivity index (χ1n) is 8.61. The third-order valence-electron chi connectivity index (χ3n) is 4.56. The highest BCUT2D eigenvalue weighted by Gasteiger charge is 2.26. The number of methoxy groups -OCH3 is 1. The fourth-order valence-electron chi connectivity index (χ4n) is 3.23. The van der Waals surface area contributed by atoms with E-state index in [4.69, 9.17) is 10.00 Å². The molecule has 0 aliphatic carbocycles. The largest absolute Gasteiger partial charge is 0.383 e. The Balaban J connectivity index is 1.77. The SMILES string of the molecule is COC[C@@H]1C[C@@H](NC(=O)c2cc(-c3cccc(C#N)c3)c(C)cn2)CN1. The first kappa shape index (κ1) is 18.1. The third-order valence-corrected chi connectivity index (χ3v) is 4.56. The van der Waals surface area contributed by atoms with E-state index >= 15 is 0 Å². The van der Waals surface area contributed by atoms with Crippen molar-refractivity contribution in [3.63, 3.8) is 0 Å². The summed E-state index contributed by atoms with van der Waals surface area (Å²) in [5, 5.41) is 15.5. The lowest BCUT2D eigenvalue weighted by atomic mass is 9.99. The fourth-order valence-corrected chi connectivity index (χ4v) is 3.23. The van der Waals surface area contributed by atoms with Gasteiger partial charge < -0.3 is 15.4 Å². The second-order valence-corrected chi connectivity index (χ2v) is 6.54. The number of nitriles is 1. The Morgan fingerprint density at radius 2 is 2.31 bits per heavy atom. The number of nitrogens with zero attached hydrogens (tertiary/aromatic N) is 2. The zero-order valence-electron chi connectivity index (χ0n) is 15.0. The van der Waals surface area contributed by atoms with E-state index in [1.807, 2.05) is 25.1 Å². The summed E-state index contributed by atoms with van der Waals surface area (Å²) in [5.74, 6) is -0.187. The maximum absolute atomic E-state index is 12.6. The van der Waals surface area contributed by atoms with E-state index in [0.717, 1.165) is 29.7 Å². The molecule has 2 aromatic rings. The normalized spacial score (nSPS) is 19.1. The van der Waals surface area contributed by atoms with Crippen LogP contribution in [0.3, 0.4) is 0 Å². The van der Waals surface area contributed by atoms with Crippen LogP contribution in [0.2, 0.25) is 0 Å². The van der Waals surface area contributed by atoms with E-state index in [9.17, 15) is 4.79 Å². The second-order valence-electron chi connectivity index (χ2n) is 6.54. The van der Waals surface area contributed by atoms with Crippen LogP contribution in [0, 0.1) is 18.3 Å². The number of hydrogen-bond donors (Lipinski definition) is 2. The Labute approximate surface area is 153 Å². The lowest BCUT2D eigenvalue weighted by Gasteiger charge is -2.13. The molecule has 0 spiro atoms. The van der Waals surface area contributed by atoms with Crippen LogP contribution in [-0.4, -0.2) is 43.2 Å². The Hall–Kier alpha value is -2.75. The van der Waals surface area contributed by atoms with E-state index in [1.165, 1.54) is 0 Å². The van der Waals surface area contributed by atoms with Crippen LogP contribution in [0.5, 0.6) is 0 Å². The van der Waals surface area contributed by atoms with Gasteiger partial charge in [-0.05, 0) is 48.2 Å². The number of rotatable bonds is 5. The number of pyridine rings is 1. The first-order chi connectivity index (χ1) is 12.6. The molecule has 134 valence electrons. The first-order valence-corrected chi connectivity index (χ1v) is 8.61. The van der Waals surface area contributed by atoms with Crippen molar-refractivity contribution in [3.8, 4) is 17.2 Å². The number of amides is 1. The van der Waals surface area contributed by atoms with Gasteiger partial charge in [0, 0.05) is 31.9 Å². The smallest absolute Gasteiger partial charge is 0.270 e. The van der Waals surface area contributed by atoms with E-state index in [0.29, 0.717) is 17.9 Å². The highest BCUT2D eigenvalue weighted by molar-refractivity contribution is 5.94. The van der Waals surface area contributed by atoms with Gasteiger partial charge in [-0.2, -0.15) is 5.26 Å². The van der Waals surface area contributed by atoms with E-state index in [-0.39, 0.29) is 18.0 Å². The van der Waals surface area contributed by atoms with Gasteiger partial charge in [0.15, 0.2) is 0 Å². The molecule has 1 aliphatic rings. The highest BCUT2D eigenvalue weighted by atomic mass is 16.5. The van der Waals surface area contributed by atoms with Crippen molar-refractivity contribution < 1.29 is 9.53 Å². The standard InChI is InChI=1S/C20H22N4O2/c1-13-10-23-19(8-18(13)15-5-3-4-14(6-15)9-21)20(25)24-16-7-17(12-26-2)22-11-16/h3-6,8,10,16-17,22H,7,11-12H2,1-2H3,(H,24,25)/t16-,17+/m1/s1. The Morgan fingerprint density at radius 1 is 1.46 bits per heavy atom. The summed E-state index contributed by atoms with van der Waals surface area (Å²) >= 11 is 0. The molecule has 2 N–H and O–H groups in total. The molecular formula is C20H22N4O2. The van der Waals surface area contributed by atoms with Crippen LogP contribution >= 0.6 is 0 Å². The maximum atomic E-state index is 12.6. The topological polar surface area (TPSA) is 87.0 Å². The number of carbonyl (C=O) groups is 1. The quantitative estimate of drug-likeness (QED) is 0.862. The number of aryl methyl sites for hydroxylation is 1. The molecule has 1 aromatic carbocycles. The molecule has 3 rings (SSSR count). The van der Waals surface area contributed by atoms with Crippen LogP contribution in [0.1, 0.15) is 28.0 Å². The van der Waals surface area contributed by atoms with Gasteiger partial charge in [0.2, 0.25) is 0 Å². The van der Waals surface area contributed by atoms with Crippen molar-refractivity contribution in [2.45, 2.75) is 25.4 Å². The van der Waals surface area contributed by atoms with Crippen LogP contribution in [0.15, 0.2) is 36.5 Å².